The van der Waals surface area contributed by atoms with Crippen LogP contribution in [0.5, 0.6) is 5.75 Å². The van der Waals surface area contributed by atoms with Crippen molar-refractivity contribution in [2.24, 2.45) is 0 Å². The summed E-state index contributed by atoms with van der Waals surface area (Å²) in [4.78, 5) is 4.39. The zero-order valence-corrected chi connectivity index (χ0v) is 10.9. The summed E-state index contributed by atoms with van der Waals surface area (Å²) >= 11 is 0. The van der Waals surface area contributed by atoms with E-state index in [0.717, 1.165) is 24.5 Å². The van der Waals surface area contributed by atoms with Crippen LogP contribution in [0.3, 0.4) is 0 Å². The number of hydrogen-bond acceptors (Lipinski definition) is 2. The number of ether oxygens (including phenoxy) is 1. The Bertz CT molecular complexity index is 451. The van der Waals surface area contributed by atoms with Gasteiger partial charge in [0.15, 0.2) is 0 Å². The van der Waals surface area contributed by atoms with Gasteiger partial charge in [-0.15, -0.1) is 0 Å². The fourth-order valence-corrected chi connectivity index (χ4v) is 1.89. The Labute approximate surface area is 108 Å². The second-order valence-corrected chi connectivity index (χ2v) is 4.30. The molecule has 1 aromatic carbocycles. The zero-order valence-electron chi connectivity index (χ0n) is 10.9. The van der Waals surface area contributed by atoms with Gasteiger partial charge in [-0.25, -0.2) is 4.98 Å². The van der Waals surface area contributed by atoms with Crippen molar-refractivity contribution in [3.8, 4) is 5.75 Å². The lowest BCUT2D eigenvalue weighted by atomic mass is 10.2. The molecule has 1 heterocycles. The van der Waals surface area contributed by atoms with Crippen molar-refractivity contribution < 1.29 is 4.74 Å². The third kappa shape index (κ3) is 3.62. The van der Waals surface area contributed by atoms with E-state index in [-0.39, 0.29) is 0 Å². The molecule has 2 rings (SSSR count). The molecule has 0 aliphatic heterocycles. The number of rotatable bonds is 7. The molecule has 18 heavy (non-hydrogen) atoms. The van der Waals surface area contributed by atoms with Gasteiger partial charge in [-0.2, -0.15) is 0 Å². The molecule has 0 radical (unpaired) electrons. The number of para-hydroxylation sites is 1. The van der Waals surface area contributed by atoms with Crippen LogP contribution in [-0.2, 0) is 13.0 Å². The molecule has 0 saturated heterocycles. The van der Waals surface area contributed by atoms with Crippen LogP contribution in [0.1, 0.15) is 25.6 Å². The monoisotopic (exact) mass is 244 g/mol. The van der Waals surface area contributed by atoms with Crippen molar-refractivity contribution in [3.05, 3.63) is 48.5 Å². The lowest BCUT2D eigenvalue weighted by Crippen LogP contribution is -2.10. The molecule has 3 nitrogen and oxygen atoms in total. The minimum Gasteiger partial charge on any atom is -0.492 e. The summed E-state index contributed by atoms with van der Waals surface area (Å²) < 4.78 is 7.87. The van der Waals surface area contributed by atoms with E-state index in [2.05, 4.69) is 16.5 Å². The van der Waals surface area contributed by atoms with Crippen molar-refractivity contribution in [1.29, 1.82) is 0 Å². The molecule has 0 saturated carbocycles. The second-order valence-electron chi connectivity index (χ2n) is 4.30. The van der Waals surface area contributed by atoms with Gasteiger partial charge in [0.05, 0.1) is 6.54 Å². The van der Waals surface area contributed by atoms with E-state index in [1.54, 1.807) is 0 Å². The maximum Gasteiger partial charge on any atom is 0.119 e. The molecular weight excluding hydrogens is 224 g/mol. The highest BCUT2D eigenvalue weighted by Gasteiger charge is 2.02. The smallest absolute Gasteiger partial charge is 0.119 e. The summed E-state index contributed by atoms with van der Waals surface area (Å²) in [5.41, 5.74) is 0. The number of nitrogens with zero attached hydrogens (tertiary/aromatic N) is 2. The number of aryl methyl sites for hydroxylation is 1. The Morgan fingerprint density at radius 2 is 2.06 bits per heavy atom. The first-order valence-electron chi connectivity index (χ1n) is 6.58. The molecular formula is C15H20N2O. The van der Waals surface area contributed by atoms with E-state index >= 15 is 0 Å². The Morgan fingerprint density at radius 1 is 1.22 bits per heavy atom. The highest BCUT2D eigenvalue weighted by Crippen LogP contribution is 2.09. The summed E-state index contributed by atoms with van der Waals surface area (Å²) in [7, 11) is 0. The van der Waals surface area contributed by atoms with Gasteiger partial charge in [0.25, 0.3) is 0 Å². The van der Waals surface area contributed by atoms with Crippen LogP contribution in [0.25, 0.3) is 0 Å². The standard InChI is InChI=1S/C15H20N2O/c1-2-3-9-15-16-10-11-17(15)12-13-18-14-7-5-4-6-8-14/h4-8,10-11H,2-3,9,12-13H2,1H3. The topological polar surface area (TPSA) is 27.1 Å². The van der Waals surface area contributed by atoms with Crippen LogP contribution >= 0.6 is 0 Å². The number of benzene rings is 1. The second kappa shape index (κ2) is 6.84. The van der Waals surface area contributed by atoms with Gasteiger partial charge in [-0.1, -0.05) is 31.5 Å². The van der Waals surface area contributed by atoms with Gasteiger partial charge in [-0.3, -0.25) is 0 Å². The predicted octanol–water partition coefficient (Wildman–Crippen LogP) is 3.30. The summed E-state index contributed by atoms with van der Waals surface area (Å²) in [6, 6.07) is 9.92. The van der Waals surface area contributed by atoms with E-state index in [1.165, 1.54) is 12.8 Å². The Morgan fingerprint density at radius 3 is 2.83 bits per heavy atom. The normalized spacial score (nSPS) is 10.5. The molecule has 0 fully saturated rings. The molecule has 0 aliphatic rings. The van der Waals surface area contributed by atoms with Crippen LogP contribution in [-0.4, -0.2) is 16.2 Å². The molecule has 0 atom stereocenters. The van der Waals surface area contributed by atoms with E-state index in [0.29, 0.717) is 6.61 Å². The first-order valence-corrected chi connectivity index (χ1v) is 6.58. The molecule has 0 aliphatic carbocycles. The zero-order chi connectivity index (χ0) is 12.6. The van der Waals surface area contributed by atoms with Crippen LogP contribution in [0, 0.1) is 0 Å². The largest absolute Gasteiger partial charge is 0.492 e. The maximum atomic E-state index is 5.69. The predicted molar refractivity (Wildman–Crippen MR) is 72.8 cm³/mol. The number of unbranched alkanes of at least 4 members (excludes halogenated alkanes) is 1. The van der Waals surface area contributed by atoms with Gasteiger partial charge < -0.3 is 9.30 Å². The molecule has 0 bridgehead atoms. The van der Waals surface area contributed by atoms with Crippen molar-refractivity contribution >= 4 is 0 Å². The number of imidazole rings is 1. The molecule has 0 N–H and O–H groups in total. The number of hydrogen-bond donors (Lipinski definition) is 0. The summed E-state index contributed by atoms with van der Waals surface area (Å²) in [5, 5.41) is 0. The van der Waals surface area contributed by atoms with Crippen LogP contribution in [0.4, 0.5) is 0 Å². The molecule has 0 spiro atoms. The average molecular weight is 244 g/mol. The van der Waals surface area contributed by atoms with Crippen molar-refractivity contribution in [2.45, 2.75) is 32.7 Å². The molecule has 1 aromatic heterocycles. The highest BCUT2D eigenvalue weighted by molar-refractivity contribution is 5.20. The molecule has 2 aromatic rings. The van der Waals surface area contributed by atoms with Gasteiger partial charge in [0, 0.05) is 18.8 Å². The van der Waals surface area contributed by atoms with E-state index < -0.39 is 0 Å². The van der Waals surface area contributed by atoms with E-state index in [9.17, 15) is 0 Å². The SMILES string of the molecule is CCCCc1nccn1CCOc1ccccc1. The fourth-order valence-electron chi connectivity index (χ4n) is 1.89. The third-order valence-corrected chi connectivity index (χ3v) is 2.90. The molecule has 96 valence electrons. The summed E-state index contributed by atoms with van der Waals surface area (Å²) in [6.45, 7) is 3.74. The highest BCUT2D eigenvalue weighted by atomic mass is 16.5. The van der Waals surface area contributed by atoms with Gasteiger partial charge in [-0.05, 0) is 18.6 Å². The third-order valence-electron chi connectivity index (χ3n) is 2.90. The van der Waals surface area contributed by atoms with Gasteiger partial charge >= 0.3 is 0 Å². The van der Waals surface area contributed by atoms with Crippen molar-refractivity contribution in [2.75, 3.05) is 6.61 Å². The minimum atomic E-state index is 0.680. The Hall–Kier alpha value is -1.77. The molecule has 0 amide bonds. The number of aromatic nitrogens is 2. The van der Waals surface area contributed by atoms with Gasteiger partial charge in [0.2, 0.25) is 0 Å². The van der Waals surface area contributed by atoms with Crippen molar-refractivity contribution in [3.63, 3.8) is 0 Å². The van der Waals surface area contributed by atoms with E-state index in [1.807, 2.05) is 42.7 Å². The molecule has 3 heteroatoms. The maximum absolute atomic E-state index is 5.69. The van der Waals surface area contributed by atoms with Gasteiger partial charge in [0.1, 0.15) is 18.2 Å². The Kier molecular flexibility index (Phi) is 4.82. The van der Waals surface area contributed by atoms with Crippen LogP contribution < -0.4 is 4.74 Å². The van der Waals surface area contributed by atoms with Crippen molar-refractivity contribution in [1.82, 2.24) is 9.55 Å². The lowest BCUT2D eigenvalue weighted by Gasteiger charge is -2.09. The first kappa shape index (κ1) is 12.7. The van der Waals surface area contributed by atoms with Crippen LogP contribution in [0.15, 0.2) is 42.7 Å². The van der Waals surface area contributed by atoms with Crippen LogP contribution in [0.2, 0.25) is 0 Å². The summed E-state index contributed by atoms with van der Waals surface area (Å²) in [6.07, 6.45) is 7.34. The quantitative estimate of drug-likeness (QED) is 0.747. The van der Waals surface area contributed by atoms with E-state index in [4.69, 9.17) is 4.74 Å². The fraction of sp³-hybridized carbons (Fsp3) is 0.400. The first-order chi connectivity index (χ1) is 8.90. The average Bonchev–Trinajstić information content (AvgIpc) is 2.85. The molecule has 0 unspecified atom stereocenters. The Balaban J connectivity index is 1.81. The lowest BCUT2D eigenvalue weighted by molar-refractivity contribution is 0.296. The summed E-state index contributed by atoms with van der Waals surface area (Å²) in [5.74, 6) is 2.08. The minimum absolute atomic E-state index is 0.680.